The molecule has 1 fully saturated rings. The Kier molecular flexibility index (Phi) is 4.25. The standard InChI is InChI=1S/C13H17FN2O/c14-12-5-1-3-11(9-12)4-2-7-15-16-8-6-13(17)10-16/h1-5,9,13,15,17H,6-8,10H2/b4-2-/t13-/m1/s1. The molecular weight excluding hydrogens is 219 g/mol. The van der Waals surface area contributed by atoms with Gasteiger partial charge in [0.1, 0.15) is 5.82 Å². The predicted molar refractivity (Wildman–Crippen MR) is 65.6 cm³/mol. The molecule has 1 aliphatic heterocycles. The Bertz CT molecular complexity index is 395. The number of halogens is 1. The van der Waals surface area contributed by atoms with Gasteiger partial charge >= 0.3 is 0 Å². The van der Waals surface area contributed by atoms with Crippen LogP contribution in [0.25, 0.3) is 6.08 Å². The van der Waals surface area contributed by atoms with Gasteiger partial charge in [0.25, 0.3) is 0 Å². The number of aliphatic hydroxyl groups is 1. The Morgan fingerprint density at radius 1 is 1.53 bits per heavy atom. The molecular formula is C13H17FN2O. The van der Waals surface area contributed by atoms with Crippen LogP contribution < -0.4 is 5.43 Å². The van der Waals surface area contributed by atoms with Crippen LogP contribution in [0, 0.1) is 5.82 Å². The van der Waals surface area contributed by atoms with Gasteiger partial charge in [-0.05, 0) is 24.1 Å². The number of benzene rings is 1. The second-order valence-electron chi connectivity index (χ2n) is 4.21. The van der Waals surface area contributed by atoms with Crippen molar-refractivity contribution in [2.45, 2.75) is 12.5 Å². The van der Waals surface area contributed by atoms with Crippen molar-refractivity contribution in [3.63, 3.8) is 0 Å². The maximum absolute atomic E-state index is 12.9. The van der Waals surface area contributed by atoms with E-state index in [-0.39, 0.29) is 11.9 Å². The average molecular weight is 236 g/mol. The van der Waals surface area contributed by atoms with Crippen molar-refractivity contribution in [2.24, 2.45) is 0 Å². The highest BCUT2D eigenvalue weighted by Gasteiger charge is 2.18. The molecule has 92 valence electrons. The average Bonchev–Trinajstić information content (AvgIpc) is 2.71. The minimum atomic E-state index is -0.220. The number of β-amino-alcohol motifs (C(OH)–C–C–N with tert-alkyl or cyclic N) is 1. The number of hydrogen-bond acceptors (Lipinski definition) is 3. The number of rotatable bonds is 4. The summed E-state index contributed by atoms with van der Waals surface area (Å²) in [7, 11) is 0. The van der Waals surface area contributed by atoms with Gasteiger partial charge in [0, 0.05) is 19.6 Å². The van der Waals surface area contributed by atoms with Crippen molar-refractivity contribution in [3.05, 3.63) is 41.7 Å². The Morgan fingerprint density at radius 2 is 2.41 bits per heavy atom. The van der Waals surface area contributed by atoms with Crippen LogP contribution in [0.3, 0.4) is 0 Å². The third-order valence-corrected chi connectivity index (χ3v) is 2.76. The Morgan fingerprint density at radius 3 is 3.12 bits per heavy atom. The number of nitrogens with zero attached hydrogens (tertiary/aromatic N) is 1. The molecule has 2 N–H and O–H groups in total. The first-order valence-electron chi connectivity index (χ1n) is 5.82. The minimum Gasteiger partial charge on any atom is -0.392 e. The summed E-state index contributed by atoms with van der Waals surface area (Å²) in [5, 5.41) is 11.3. The third kappa shape index (κ3) is 3.93. The predicted octanol–water partition coefficient (Wildman–Crippen LogP) is 1.41. The van der Waals surface area contributed by atoms with E-state index in [9.17, 15) is 9.50 Å². The fourth-order valence-corrected chi connectivity index (χ4v) is 1.87. The molecule has 1 aliphatic rings. The molecule has 1 saturated heterocycles. The lowest BCUT2D eigenvalue weighted by Crippen LogP contribution is -2.36. The maximum Gasteiger partial charge on any atom is 0.123 e. The molecule has 0 aromatic heterocycles. The second kappa shape index (κ2) is 5.91. The first kappa shape index (κ1) is 12.2. The number of nitrogens with one attached hydrogen (secondary N) is 1. The topological polar surface area (TPSA) is 35.5 Å². The van der Waals surface area contributed by atoms with Crippen molar-refractivity contribution in [1.29, 1.82) is 0 Å². The molecule has 1 aromatic carbocycles. The van der Waals surface area contributed by atoms with Crippen LogP contribution in [-0.2, 0) is 0 Å². The van der Waals surface area contributed by atoms with Crippen LogP contribution in [0.1, 0.15) is 12.0 Å². The first-order chi connectivity index (χ1) is 8.24. The molecule has 17 heavy (non-hydrogen) atoms. The smallest absolute Gasteiger partial charge is 0.123 e. The van der Waals surface area contributed by atoms with Crippen molar-refractivity contribution in [1.82, 2.24) is 10.4 Å². The molecule has 1 atom stereocenters. The summed E-state index contributed by atoms with van der Waals surface area (Å²) in [6.07, 6.45) is 4.43. The zero-order valence-electron chi connectivity index (χ0n) is 9.64. The van der Waals surface area contributed by atoms with Gasteiger partial charge in [-0.25, -0.2) is 9.40 Å². The van der Waals surface area contributed by atoms with Crippen LogP contribution in [-0.4, -0.2) is 35.9 Å². The fourth-order valence-electron chi connectivity index (χ4n) is 1.87. The van der Waals surface area contributed by atoms with Gasteiger partial charge in [0.2, 0.25) is 0 Å². The molecule has 3 nitrogen and oxygen atoms in total. The van der Waals surface area contributed by atoms with E-state index in [0.29, 0.717) is 13.1 Å². The molecule has 0 spiro atoms. The highest BCUT2D eigenvalue weighted by atomic mass is 19.1. The van der Waals surface area contributed by atoms with E-state index in [1.807, 2.05) is 23.2 Å². The van der Waals surface area contributed by atoms with Gasteiger partial charge in [0.05, 0.1) is 6.10 Å². The number of hydrazine groups is 1. The van der Waals surface area contributed by atoms with Crippen LogP contribution in [0.5, 0.6) is 0 Å². The van der Waals surface area contributed by atoms with Gasteiger partial charge in [-0.2, -0.15) is 0 Å². The zero-order valence-corrected chi connectivity index (χ0v) is 9.64. The van der Waals surface area contributed by atoms with Crippen molar-refractivity contribution in [2.75, 3.05) is 19.6 Å². The van der Waals surface area contributed by atoms with Crippen LogP contribution >= 0.6 is 0 Å². The first-order valence-corrected chi connectivity index (χ1v) is 5.82. The van der Waals surface area contributed by atoms with Crippen molar-refractivity contribution in [3.8, 4) is 0 Å². The number of hydrogen-bond donors (Lipinski definition) is 2. The highest BCUT2D eigenvalue weighted by molar-refractivity contribution is 5.49. The normalized spacial score (nSPS) is 21.4. The van der Waals surface area contributed by atoms with Gasteiger partial charge in [0.15, 0.2) is 0 Å². The largest absolute Gasteiger partial charge is 0.392 e. The third-order valence-electron chi connectivity index (χ3n) is 2.76. The minimum absolute atomic E-state index is 0.213. The van der Waals surface area contributed by atoms with Gasteiger partial charge in [-0.3, -0.25) is 5.43 Å². The van der Waals surface area contributed by atoms with Crippen LogP contribution in [0.2, 0.25) is 0 Å². The van der Waals surface area contributed by atoms with E-state index in [2.05, 4.69) is 5.43 Å². The molecule has 0 saturated carbocycles. The molecule has 0 radical (unpaired) electrons. The van der Waals surface area contributed by atoms with E-state index in [1.54, 1.807) is 6.07 Å². The van der Waals surface area contributed by atoms with Gasteiger partial charge in [-0.1, -0.05) is 24.3 Å². The lowest BCUT2D eigenvalue weighted by atomic mass is 10.2. The maximum atomic E-state index is 12.9. The quantitative estimate of drug-likeness (QED) is 0.829. The van der Waals surface area contributed by atoms with Crippen LogP contribution in [0.15, 0.2) is 30.3 Å². The molecule has 1 heterocycles. The van der Waals surface area contributed by atoms with Crippen molar-refractivity contribution >= 4 is 6.08 Å². The number of aliphatic hydroxyl groups excluding tert-OH is 1. The van der Waals surface area contributed by atoms with Crippen molar-refractivity contribution < 1.29 is 9.50 Å². The molecule has 2 rings (SSSR count). The second-order valence-corrected chi connectivity index (χ2v) is 4.21. The zero-order chi connectivity index (χ0) is 12.1. The molecule has 1 aromatic rings. The SMILES string of the molecule is O[C@@H]1CCN(NC/C=C\c2cccc(F)c2)C1. The summed E-state index contributed by atoms with van der Waals surface area (Å²) in [4.78, 5) is 0. The Labute approximate surface area is 101 Å². The molecule has 4 heteroatoms. The lowest BCUT2D eigenvalue weighted by Gasteiger charge is -2.14. The molecule has 0 aliphatic carbocycles. The monoisotopic (exact) mass is 236 g/mol. The molecule has 0 unspecified atom stereocenters. The van der Waals surface area contributed by atoms with E-state index in [0.717, 1.165) is 18.5 Å². The summed E-state index contributed by atoms with van der Waals surface area (Å²) in [6.45, 7) is 2.23. The lowest BCUT2D eigenvalue weighted by molar-refractivity contribution is 0.158. The summed E-state index contributed by atoms with van der Waals surface area (Å²) >= 11 is 0. The summed E-state index contributed by atoms with van der Waals surface area (Å²) in [5.74, 6) is -0.220. The summed E-state index contributed by atoms with van der Waals surface area (Å²) in [6, 6.07) is 6.48. The van der Waals surface area contributed by atoms with E-state index >= 15 is 0 Å². The van der Waals surface area contributed by atoms with Crippen LogP contribution in [0.4, 0.5) is 4.39 Å². The molecule has 0 bridgehead atoms. The van der Waals surface area contributed by atoms with E-state index in [1.165, 1.54) is 12.1 Å². The van der Waals surface area contributed by atoms with Gasteiger partial charge < -0.3 is 5.11 Å². The van der Waals surface area contributed by atoms with E-state index in [4.69, 9.17) is 0 Å². The summed E-state index contributed by atoms with van der Waals surface area (Å²) in [5.41, 5.74) is 4.04. The van der Waals surface area contributed by atoms with Gasteiger partial charge in [-0.15, -0.1) is 0 Å². The molecule has 0 amide bonds. The highest BCUT2D eigenvalue weighted by Crippen LogP contribution is 2.06. The summed E-state index contributed by atoms with van der Waals surface area (Å²) < 4.78 is 12.9. The Hall–Kier alpha value is -1.23. The van der Waals surface area contributed by atoms with E-state index < -0.39 is 0 Å². The Balaban J connectivity index is 1.74. The fraction of sp³-hybridized carbons (Fsp3) is 0.385.